The lowest BCUT2D eigenvalue weighted by atomic mass is 9.90. The third-order valence-electron chi connectivity index (χ3n) is 3.77. The first kappa shape index (κ1) is 16.5. The van der Waals surface area contributed by atoms with Crippen LogP contribution in [0.2, 0.25) is 0 Å². The molecule has 120 valence electrons. The smallest absolute Gasteiger partial charge is 0.308 e. The highest BCUT2D eigenvalue weighted by atomic mass is 32.1. The number of hydrogen-bond donors (Lipinski definition) is 2. The molecule has 1 fully saturated rings. The van der Waals surface area contributed by atoms with E-state index in [-0.39, 0.29) is 37.2 Å². The number of carbonyl (C=O) groups excluding carboxylic acids is 2. The van der Waals surface area contributed by atoms with Gasteiger partial charge in [0.05, 0.1) is 5.92 Å². The number of piperidine rings is 1. The van der Waals surface area contributed by atoms with E-state index >= 15 is 0 Å². The third-order valence-corrected chi connectivity index (χ3v) is 4.45. The van der Waals surface area contributed by atoms with Crippen molar-refractivity contribution in [1.82, 2.24) is 10.2 Å². The van der Waals surface area contributed by atoms with Crippen LogP contribution in [0.5, 0.6) is 0 Å². The predicted octanol–water partition coefficient (Wildman–Crippen LogP) is 1.44. The predicted molar refractivity (Wildman–Crippen MR) is 82.8 cm³/mol. The third kappa shape index (κ3) is 4.30. The number of nitrogens with zero attached hydrogens (tertiary/aromatic N) is 1. The second-order valence-electron chi connectivity index (χ2n) is 5.69. The first-order valence-electron chi connectivity index (χ1n) is 7.28. The van der Waals surface area contributed by atoms with E-state index in [1.165, 1.54) is 11.3 Å². The molecule has 22 heavy (non-hydrogen) atoms. The lowest BCUT2D eigenvalue weighted by Gasteiger charge is -2.34. The zero-order valence-electron chi connectivity index (χ0n) is 12.4. The molecule has 0 bridgehead atoms. The molecule has 6 nitrogen and oxygen atoms in total. The number of nitrogens with one attached hydrogen (secondary N) is 1. The van der Waals surface area contributed by atoms with Gasteiger partial charge in [0.25, 0.3) is 5.91 Å². The molecule has 1 aromatic heterocycles. The van der Waals surface area contributed by atoms with Crippen molar-refractivity contribution >= 4 is 29.1 Å². The fraction of sp³-hybridized carbons (Fsp3) is 0.533. The van der Waals surface area contributed by atoms with Crippen LogP contribution in [-0.4, -0.2) is 47.4 Å². The molecule has 2 atom stereocenters. The van der Waals surface area contributed by atoms with Gasteiger partial charge >= 0.3 is 5.97 Å². The molecule has 0 aromatic carbocycles. The number of rotatable bonds is 5. The Morgan fingerprint density at radius 2 is 2.18 bits per heavy atom. The molecule has 2 unspecified atom stereocenters. The normalized spacial score (nSPS) is 21.4. The van der Waals surface area contributed by atoms with Gasteiger partial charge in [0, 0.05) is 37.0 Å². The minimum Gasteiger partial charge on any atom is -0.481 e. The fourth-order valence-electron chi connectivity index (χ4n) is 2.67. The quantitative estimate of drug-likeness (QED) is 0.858. The van der Waals surface area contributed by atoms with Crippen molar-refractivity contribution in [2.45, 2.75) is 19.8 Å². The van der Waals surface area contributed by atoms with Gasteiger partial charge in [0.1, 0.15) is 0 Å². The number of carboxylic acid groups (broad SMARTS) is 1. The summed E-state index contributed by atoms with van der Waals surface area (Å²) in [4.78, 5) is 36.6. The van der Waals surface area contributed by atoms with Crippen LogP contribution in [0.4, 0.5) is 0 Å². The van der Waals surface area contributed by atoms with Gasteiger partial charge in [-0.05, 0) is 23.8 Å². The largest absolute Gasteiger partial charge is 0.481 e. The Morgan fingerprint density at radius 1 is 1.41 bits per heavy atom. The molecule has 0 aliphatic carbocycles. The Bertz CT molecular complexity index is 544. The summed E-state index contributed by atoms with van der Waals surface area (Å²) < 4.78 is 0. The lowest BCUT2D eigenvalue weighted by Crippen LogP contribution is -2.46. The van der Waals surface area contributed by atoms with E-state index in [1.54, 1.807) is 16.3 Å². The Hall–Kier alpha value is -1.89. The van der Waals surface area contributed by atoms with Crippen molar-refractivity contribution < 1.29 is 19.5 Å². The topological polar surface area (TPSA) is 86.7 Å². The molecule has 1 aliphatic rings. The number of aliphatic carboxylic acids is 1. The van der Waals surface area contributed by atoms with Crippen LogP contribution in [0.25, 0.3) is 0 Å². The Morgan fingerprint density at radius 3 is 2.82 bits per heavy atom. The molecule has 2 amide bonds. The first-order chi connectivity index (χ1) is 10.5. The minimum atomic E-state index is -0.852. The molecular weight excluding hydrogens is 304 g/mol. The molecule has 1 saturated heterocycles. The van der Waals surface area contributed by atoms with Crippen LogP contribution in [0.15, 0.2) is 16.8 Å². The molecule has 1 aliphatic heterocycles. The number of thiophene rings is 1. The van der Waals surface area contributed by atoms with Gasteiger partial charge in [-0.1, -0.05) is 6.92 Å². The van der Waals surface area contributed by atoms with Crippen molar-refractivity contribution in [2.75, 3.05) is 19.6 Å². The van der Waals surface area contributed by atoms with Gasteiger partial charge in [-0.25, -0.2) is 0 Å². The number of amides is 2. The van der Waals surface area contributed by atoms with Crippen LogP contribution in [0.1, 0.15) is 30.1 Å². The Labute approximate surface area is 133 Å². The summed E-state index contributed by atoms with van der Waals surface area (Å²) in [6, 6.07) is 1.73. The Balaban J connectivity index is 1.79. The van der Waals surface area contributed by atoms with Crippen molar-refractivity contribution in [3.05, 3.63) is 22.4 Å². The molecule has 2 rings (SSSR count). The number of likely N-dealkylation sites (tertiary alicyclic amines) is 1. The summed E-state index contributed by atoms with van der Waals surface area (Å²) in [5.41, 5.74) is 0.593. The second kappa shape index (κ2) is 7.40. The van der Waals surface area contributed by atoms with E-state index in [2.05, 4.69) is 5.32 Å². The second-order valence-corrected chi connectivity index (χ2v) is 6.47. The van der Waals surface area contributed by atoms with Crippen molar-refractivity contribution in [3.63, 3.8) is 0 Å². The van der Waals surface area contributed by atoms with Crippen molar-refractivity contribution in [3.8, 4) is 0 Å². The van der Waals surface area contributed by atoms with E-state index in [4.69, 9.17) is 5.11 Å². The SMILES string of the molecule is CC1CC(C(=O)O)CN(C(=O)CCNC(=O)c2ccsc2)C1. The standard InChI is InChI=1S/C15H20N2O4S/c1-10-6-12(15(20)21)8-17(7-10)13(18)2-4-16-14(19)11-3-5-22-9-11/h3,5,9-10,12H,2,4,6-8H2,1H3,(H,16,19)(H,20,21). The molecule has 2 heterocycles. The first-order valence-corrected chi connectivity index (χ1v) is 8.22. The summed E-state index contributed by atoms with van der Waals surface area (Å²) in [6.45, 7) is 3.06. The number of carbonyl (C=O) groups is 3. The molecule has 1 aromatic rings. The Kier molecular flexibility index (Phi) is 5.54. The fourth-order valence-corrected chi connectivity index (χ4v) is 3.31. The van der Waals surface area contributed by atoms with Crippen LogP contribution >= 0.6 is 11.3 Å². The average molecular weight is 324 g/mol. The van der Waals surface area contributed by atoms with Gasteiger partial charge in [0.15, 0.2) is 0 Å². The molecule has 0 radical (unpaired) electrons. The summed E-state index contributed by atoms with van der Waals surface area (Å²) in [5.74, 6) is -1.46. The van der Waals surface area contributed by atoms with Gasteiger partial charge in [-0.3, -0.25) is 14.4 Å². The molecule has 7 heteroatoms. The zero-order chi connectivity index (χ0) is 16.1. The van der Waals surface area contributed by atoms with Gasteiger partial charge in [-0.15, -0.1) is 0 Å². The van der Waals surface area contributed by atoms with Gasteiger partial charge < -0.3 is 15.3 Å². The summed E-state index contributed by atoms with van der Waals surface area (Å²) in [6.07, 6.45) is 0.795. The molecular formula is C15H20N2O4S. The highest BCUT2D eigenvalue weighted by Crippen LogP contribution is 2.22. The van der Waals surface area contributed by atoms with E-state index in [9.17, 15) is 14.4 Å². The number of hydrogen-bond acceptors (Lipinski definition) is 4. The van der Waals surface area contributed by atoms with Gasteiger partial charge in [0.2, 0.25) is 5.91 Å². The molecule has 2 N–H and O–H groups in total. The zero-order valence-corrected chi connectivity index (χ0v) is 13.3. The minimum absolute atomic E-state index is 0.108. The number of carboxylic acids is 1. The average Bonchev–Trinajstić information content (AvgIpc) is 3.00. The maximum atomic E-state index is 12.2. The summed E-state index contributed by atoms with van der Waals surface area (Å²) >= 11 is 1.44. The molecule has 0 saturated carbocycles. The van der Waals surface area contributed by atoms with E-state index in [0.717, 1.165) is 0 Å². The van der Waals surface area contributed by atoms with E-state index in [1.807, 2.05) is 12.3 Å². The summed E-state index contributed by atoms with van der Waals surface area (Å²) in [5, 5.41) is 15.4. The summed E-state index contributed by atoms with van der Waals surface area (Å²) in [7, 11) is 0. The maximum absolute atomic E-state index is 12.2. The van der Waals surface area contributed by atoms with Crippen LogP contribution in [0.3, 0.4) is 0 Å². The van der Waals surface area contributed by atoms with Crippen LogP contribution in [0, 0.1) is 11.8 Å². The monoisotopic (exact) mass is 324 g/mol. The van der Waals surface area contributed by atoms with E-state index < -0.39 is 11.9 Å². The highest BCUT2D eigenvalue weighted by molar-refractivity contribution is 7.08. The highest BCUT2D eigenvalue weighted by Gasteiger charge is 2.31. The maximum Gasteiger partial charge on any atom is 0.308 e. The van der Waals surface area contributed by atoms with Crippen molar-refractivity contribution in [2.24, 2.45) is 11.8 Å². The lowest BCUT2D eigenvalue weighted by molar-refractivity contribution is -0.146. The molecule has 0 spiro atoms. The van der Waals surface area contributed by atoms with Crippen LogP contribution in [-0.2, 0) is 9.59 Å². The van der Waals surface area contributed by atoms with Crippen LogP contribution < -0.4 is 5.32 Å². The van der Waals surface area contributed by atoms with E-state index in [0.29, 0.717) is 18.5 Å². The van der Waals surface area contributed by atoms with Gasteiger partial charge in [-0.2, -0.15) is 11.3 Å². The van der Waals surface area contributed by atoms with Crippen molar-refractivity contribution in [1.29, 1.82) is 0 Å².